The van der Waals surface area contributed by atoms with E-state index in [1.807, 2.05) is 103 Å². The van der Waals surface area contributed by atoms with Crippen LogP contribution in [0.15, 0.2) is 103 Å². The third-order valence-electron chi connectivity index (χ3n) is 8.67. The number of fused-ring (bicyclic) bond motifs is 7. The lowest BCUT2D eigenvalue weighted by Crippen LogP contribution is -2.57. The number of nitrogens with zero attached hydrogens (tertiary/aromatic N) is 1. The Kier molecular flexibility index (Phi) is 7.10. The topological polar surface area (TPSA) is 104 Å². The number of hydrogen-bond donors (Lipinski definition) is 3. The lowest BCUT2D eigenvalue weighted by atomic mass is 9.89. The molecule has 0 radical (unpaired) electrons. The van der Waals surface area contributed by atoms with Crippen LogP contribution in [0.4, 0.5) is 0 Å². The molecule has 0 bridgehead atoms. The van der Waals surface area contributed by atoms with Crippen molar-refractivity contribution in [3.63, 3.8) is 0 Å². The van der Waals surface area contributed by atoms with Gasteiger partial charge in [0.1, 0.15) is 17.8 Å². The molecule has 2 aliphatic rings. The van der Waals surface area contributed by atoms with E-state index in [-0.39, 0.29) is 24.3 Å². The predicted octanol–water partition coefficient (Wildman–Crippen LogP) is 4.69. The molecule has 2 aliphatic heterocycles. The lowest BCUT2D eigenvalue weighted by molar-refractivity contribution is -0.132. The molecule has 0 unspecified atom stereocenters. The summed E-state index contributed by atoms with van der Waals surface area (Å²) in [5.41, 5.74) is 6.19. The Morgan fingerprint density at radius 2 is 1.68 bits per heavy atom. The van der Waals surface area contributed by atoms with Crippen LogP contribution in [-0.2, 0) is 29.0 Å². The molecule has 0 spiro atoms. The highest BCUT2D eigenvalue weighted by Crippen LogP contribution is 2.46. The molecule has 8 heteroatoms. The molecule has 0 saturated heterocycles. The highest BCUT2D eigenvalue weighted by Gasteiger charge is 2.49. The van der Waals surface area contributed by atoms with Crippen molar-refractivity contribution in [2.24, 2.45) is 0 Å². The maximum absolute atomic E-state index is 14.3. The number of benzene rings is 4. The van der Waals surface area contributed by atoms with Gasteiger partial charge in [-0.05, 0) is 46.5 Å². The fraction of sp³-hybridized carbons (Fsp3) is 0.194. The molecular weight excluding hydrogens is 552 g/mol. The van der Waals surface area contributed by atoms with Crippen LogP contribution in [0.2, 0.25) is 0 Å². The van der Waals surface area contributed by atoms with Crippen molar-refractivity contribution in [2.75, 3.05) is 7.11 Å². The van der Waals surface area contributed by atoms with Crippen LogP contribution >= 0.6 is 0 Å². The molecule has 0 aliphatic carbocycles. The second-order valence-electron chi connectivity index (χ2n) is 11.3. The van der Waals surface area contributed by atoms with Crippen molar-refractivity contribution in [1.82, 2.24) is 20.5 Å². The maximum atomic E-state index is 14.3. The van der Waals surface area contributed by atoms with Gasteiger partial charge in [-0.3, -0.25) is 14.4 Å². The van der Waals surface area contributed by atoms with E-state index in [1.165, 1.54) is 0 Å². The van der Waals surface area contributed by atoms with E-state index < -0.39 is 18.1 Å². The average molecular weight is 585 g/mol. The summed E-state index contributed by atoms with van der Waals surface area (Å²) in [6, 6.07) is 30.6. The molecule has 3 amide bonds. The zero-order valence-electron chi connectivity index (χ0n) is 24.2. The Morgan fingerprint density at radius 1 is 0.932 bits per heavy atom. The van der Waals surface area contributed by atoms with Gasteiger partial charge in [-0.15, -0.1) is 0 Å². The summed E-state index contributed by atoms with van der Waals surface area (Å²) in [7, 11) is 1.60. The van der Waals surface area contributed by atoms with Gasteiger partial charge in [-0.25, -0.2) is 0 Å². The van der Waals surface area contributed by atoms with Crippen molar-refractivity contribution in [2.45, 2.75) is 37.5 Å². The van der Waals surface area contributed by atoms with Gasteiger partial charge >= 0.3 is 0 Å². The maximum Gasteiger partial charge on any atom is 0.255 e. The van der Waals surface area contributed by atoms with Crippen LogP contribution in [0.25, 0.3) is 10.9 Å². The van der Waals surface area contributed by atoms with Gasteiger partial charge in [0.15, 0.2) is 0 Å². The zero-order valence-corrected chi connectivity index (χ0v) is 24.2. The Labute approximate surface area is 255 Å². The lowest BCUT2D eigenvalue weighted by Gasteiger charge is -2.37. The molecule has 1 aromatic heterocycles. The van der Waals surface area contributed by atoms with E-state index in [0.717, 1.165) is 38.9 Å². The van der Waals surface area contributed by atoms with Crippen LogP contribution in [0.5, 0.6) is 5.75 Å². The van der Waals surface area contributed by atoms with Crippen LogP contribution in [0.1, 0.15) is 44.3 Å². The number of rotatable bonds is 8. The first kappa shape index (κ1) is 27.5. The molecule has 8 nitrogen and oxygen atoms in total. The number of hydrogen-bond acceptors (Lipinski definition) is 4. The fourth-order valence-corrected chi connectivity index (χ4v) is 6.56. The smallest absolute Gasteiger partial charge is 0.255 e. The van der Waals surface area contributed by atoms with Crippen molar-refractivity contribution in [1.29, 1.82) is 0 Å². The summed E-state index contributed by atoms with van der Waals surface area (Å²) in [6.07, 6.45) is 0.643. The van der Waals surface area contributed by atoms with Crippen molar-refractivity contribution in [3.8, 4) is 5.75 Å². The summed E-state index contributed by atoms with van der Waals surface area (Å²) in [4.78, 5) is 47.0. The second kappa shape index (κ2) is 11.4. The van der Waals surface area contributed by atoms with Gasteiger partial charge in [0.2, 0.25) is 11.8 Å². The number of aromatic nitrogens is 1. The molecule has 3 atom stereocenters. The summed E-state index contributed by atoms with van der Waals surface area (Å²) in [5.74, 6) is -0.145. The number of ether oxygens (including phenoxy) is 1. The largest absolute Gasteiger partial charge is 0.497 e. The van der Waals surface area contributed by atoms with Gasteiger partial charge in [0.05, 0.1) is 13.2 Å². The van der Waals surface area contributed by atoms with Crippen molar-refractivity contribution < 1.29 is 19.1 Å². The Hall–Kier alpha value is -5.37. The minimum atomic E-state index is -0.849. The predicted molar refractivity (Wildman–Crippen MR) is 167 cm³/mol. The molecule has 4 aromatic carbocycles. The van der Waals surface area contributed by atoms with E-state index in [9.17, 15) is 14.4 Å². The van der Waals surface area contributed by atoms with E-state index >= 15 is 0 Å². The van der Waals surface area contributed by atoms with E-state index in [0.29, 0.717) is 24.2 Å². The Bertz CT molecular complexity index is 1880. The first-order chi connectivity index (χ1) is 21.5. The molecule has 3 heterocycles. The minimum absolute atomic E-state index is 0.183. The number of para-hydroxylation sites is 1. The molecule has 5 aromatic rings. The van der Waals surface area contributed by atoms with E-state index in [4.69, 9.17) is 4.74 Å². The van der Waals surface area contributed by atoms with Gasteiger partial charge < -0.3 is 25.3 Å². The molecule has 7 rings (SSSR count). The first-order valence-corrected chi connectivity index (χ1v) is 14.8. The highest BCUT2D eigenvalue weighted by molar-refractivity contribution is 6.04. The van der Waals surface area contributed by atoms with Crippen LogP contribution in [-0.4, -0.2) is 46.8 Å². The zero-order chi connectivity index (χ0) is 30.2. The standard InChI is InChI=1S/C36H32N4O4/c1-44-24-13-9-12-23(18-24)21-37-34(41)30(19-22-10-3-2-4-11-22)39-35(42)31-20-28-25-14-7-8-17-29(25)38-32(28)33-26-15-5-6-16-27(26)36(43)40(31)33/h2-18,30-31,33,38H,19-21H2,1H3,(H,37,41)(H,39,42)/t30-,31-,33-/m0/s1. The SMILES string of the molecule is COc1cccc(CNC(=O)[C@H](Cc2ccccc2)NC(=O)[C@@H]2Cc3c([nH]c4ccccc34)[C@@H]3c4ccccc4C(=O)N32)c1. The number of amides is 3. The molecule has 0 saturated carbocycles. The average Bonchev–Trinajstić information content (AvgIpc) is 3.58. The third-order valence-corrected chi connectivity index (χ3v) is 8.67. The normalized spacial score (nSPS) is 17.4. The van der Waals surface area contributed by atoms with Crippen molar-refractivity contribution >= 4 is 28.6 Å². The molecular formula is C36H32N4O4. The molecule has 0 fully saturated rings. The Balaban J connectivity index is 1.20. The van der Waals surface area contributed by atoms with Crippen LogP contribution in [0, 0.1) is 0 Å². The van der Waals surface area contributed by atoms with E-state index in [1.54, 1.807) is 12.0 Å². The summed E-state index contributed by atoms with van der Waals surface area (Å²) >= 11 is 0. The van der Waals surface area contributed by atoms with Gasteiger partial charge in [-0.2, -0.15) is 0 Å². The number of aromatic amines is 1. The highest BCUT2D eigenvalue weighted by atomic mass is 16.5. The van der Waals surface area contributed by atoms with E-state index in [2.05, 4.69) is 15.6 Å². The molecule has 3 N–H and O–H groups in total. The van der Waals surface area contributed by atoms with Crippen LogP contribution in [0.3, 0.4) is 0 Å². The second-order valence-corrected chi connectivity index (χ2v) is 11.3. The molecule has 220 valence electrons. The number of H-pyrrole nitrogens is 1. The van der Waals surface area contributed by atoms with Crippen LogP contribution < -0.4 is 15.4 Å². The number of nitrogens with one attached hydrogen (secondary N) is 3. The minimum Gasteiger partial charge on any atom is -0.497 e. The number of carbonyl (C=O) groups is 3. The number of methoxy groups -OCH3 is 1. The monoisotopic (exact) mass is 584 g/mol. The quantitative estimate of drug-likeness (QED) is 0.246. The van der Waals surface area contributed by atoms with Gasteiger partial charge in [0.25, 0.3) is 5.91 Å². The fourth-order valence-electron chi connectivity index (χ4n) is 6.56. The molecule has 44 heavy (non-hydrogen) atoms. The summed E-state index contributed by atoms with van der Waals surface area (Å²) < 4.78 is 5.32. The Morgan fingerprint density at radius 3 is 2.52 bits per heavy atom. The first-order valence-electron chi connectivity index (χ1n) is 14.8. The summed E-state index contributed by atoms with van der Waals surface area (Å²) in [5, 5.41) is 7.07. The van der Waals surface area contributed by atoms with Gasteiger partial charge in [0, 0.05) is 41.5 Å². The summed E-state index contributed by atoms with van der Waals surface area (Å²) in [6.45, 7) is 0.279. The number of carbonyl (C=O) groups excluding carboxylic acids is 3. The van der Waals surface area contributed by atoms with Gasteiger partial charge in [-0.1, -0.05) is 78.9 Å². The third kappa shape index (κ3) is 4.88. The van der Waals surface area contributed by atoms with Crippen molar-refractivity contribution in [3.05, 3.63) is 137 Å².